The van der Waals surface area contributed by atoms with Crippen molar-refractivity contribution in [1.82, 2.24) is 14.8 Å². The Labute approximate surface area is 105 Å². The van der Waals surface area contributed by atoms with Gasteiger partial charge in [-0.1, -0.05) is 19.3 Å². The molecule has 0 unspecified atom stereocenters. The third-order valence-electron chi connectivity index (χ3n) is 2.83. The summed E-state index contributed by atoms with van der Waals surface area (Å²) in [6, 6.07) is 0. The molecule has 6 heteroatoms. The van der Waals surface area contributed by atoms with E-state index >= 15 is 0 Å². The van der Waals surface area contributed by atoms with Gasteiger partial charge in [0.2, 0.25) is 4.73 Å². The maximum atomic E-state index is 10.3. The predicted octanol–water partition coefficient (Wildman–Crippen LogP) is 2.50. The quantitative estimate of drug-likeness (QED) is 0.901. The molecule has 1 aromatic heterocycles. The van der Waals surface area contributed by atoms with E-state index in [1.807, 2.05) is 0 Å². The normalized spacial score (nSPS) is 20.5. The first-order chi connectivity index (χ1) is 7.09. The van der Waals surface area contributed by atoms with Gasteiger partial charge in [0.25, 0.3) is 0 Å². The molecule has 0 bridgehead atoms. The Kier molecular flexibility index (Phi) is 3.47. The maximum Gasteiger partial charge on any atom is 0.218 e. The minimum absolute atomic E-state index is 0.520. The fourth-order valence-electron chi connectivity index (χ4n) is 2.04. The van der Waals surface area contributed by atoms with Crippen molar-refractivity contribution in [3.05, 3.63) is 9.47 Å². The Morgan fingerprint density at radius 3 is 2.47 bits per heavy atom. The zero-order chi connectivity index (χ0) is 10.9. The Morgan fingerprint density at radius 2 is 1.93 bits per heavy atom. The number of hydrogen-bond donors (Lipinski definition) is 1. The molecule has 1 N–H and O–H groups in total. The first-order valence-electron chi connectivity index (χ1n) is 5.07. The first kappa shape index (κ1) is 11.5. The molecule has 1 heterocycles. The molecule has 4 nitrogen and oxygen atoms in total. The highest BCUT2D eigenvalue weighted by molar-refractivity contribution is 9.11. The monoisotopic (exact) mass is 337 g/mol. The molecule has 2 rings (SSSR count). The molecule has 84 valence electrons. The third kappa shape index (κ3) is 2.79. The van der Waals surface area contributed by atoms with Crippen LogP contribution in [0.5, 0.6) is 0 Å². The van der Waals surface area contributed by atoms with Gasteiger partial charge in [0.05, 0.1) is 12.1 Å². The number of aromatic nitrogens is 3. The topological polar surface area (TPSA) is 50.9 Å². The molecule has 0 radical (unpaired) electrons. The number of aliphatic hydroxyl groups is 1. The van der Waals surface area contributed by atoms with E-state index in [9.17, 15) is 5.11 Å². The Balaban J connectivity index is 2.09. The maximum absolute atomic E-state index is 10.3. The molecule has 1 saturated carbocycles. The van der Waals surface area contributed by atoms with Crippen LogP contribution in [0, 0.1) is 0 Å². The van der Waals surface area contributed by atoms with Crippen molar-refractivity contribution in [3.63, 3.8) is 0 Å². The van der Waals surface area contributed by atoms with Gasteiger partial charge in [0.15, 0.2) is 4.73 Å². The lowest BCUT2D eigenvalue weighted by molar-refractivity contribution is -0.0149. The van der Waals surface area contributed by atoms with Gasteiger partial charge >= 0.3 is 0 Å². The summed E-state index contributed by atoms with van der Waals surface area (Å²) in [4.78, 5) is 4.08. The van der Waals surface area contributed by atoms with Crippen molar-refractivity contribution in [3.8, 4) is 0 Å². The fraction of sp³-hybridized carbons (Fsp3) is 0.778. The predicted molar refractivity (Wildman–Crippen MR) is 63.5 cm³/mol. The van der Waals surface area contributed by atoms with Crippen LogP contribution in [0.15, 0.2) is 9.47 Å². The minimum Gasteiger partial charge on any atom is -0.388 e. The van der Waals surface area contributed by atoms with Gasteiger partial charge in [0, 0.05) is 0 Å². The van der Waals surface area contributed by atoms with Crippen molar-refractivity contribution in [1.29, 1.82) is 0 Å². The number of hydrogen-bond acceptors (Lipinski definition) is 3. The molecular weight excluding hydrogens is 326 g/mol. The van der Waals surface area contributed by atoms with Crippen molar-refractivity contribution in [2.45, 2.75) is 44.2 Å². The summed E-state index contributed by atoms with van der Waals surface area (Å²) in [7, 11) is 0. The van der Waals surface area contributed by atoms with E-state index in [4.69, 9.17) is 0 Å². The first-order valence-corrected chi connectivity index (χ1v) is 6.66. The van der Waals surface area contributed by atoms with E-state index in [2.05, 4.69) is 41.9 Å². The molecule has 1 fully saturated rings. The van der Waals surface area contributed by atoms with Crippen LogP contribution in [0.3, 0.4) is 0 Å². The highest BCUT2D eigenvalue weighted by atomic mass is 79.9. The van der Waals surface area contributed by atoms with Crippen molar-refractivity contribution < 1.29 is 5.11 Å². The summed E-state index contributed by atoms with van der Waals surface area (Å²) in [5, 5.41) is 14.5. The van der Waals surface area contributed by atoms with E-state index < -0.39 is 5.60 Å². The molecule has 1 aliphatic carbocycles. The van der Waals surface area contributed by atoms with Gasteiger partial charge in [0.1, 0.15) is 0 Å². The number of nitrogens with zero attached hydrogens (tertiary/aromatic N) is 3. The van der Waals surface area contributed by atoms with Crippen molar-refractivity contribution >= 4 is 31.9 Å². The summed E-state index contributed by atoms with van der Waals surface area (Å²) >= 11 is 6.53. The van der Waals surface area contributed by atoms with E-state index in [0.717, 1.165) is 25.7 Å². The van der Waals surface area contributed by atoms with Gasteiger partial charge in [-0.15, -0.1) is 5.10 Å². The van der Waals surface area contributed by atoms with E-state index in [0.29, 0.717) is 16.0 Å². The van der Waals surface area contributed by atoms with Crippen LogP contribution in [0.1, 0.15) is 32.1 Å². The average molecular weight is 339 g/mol. The second-order valence-electron chi connectivity index (χ2n) is 4.09. The Hall–Kier alpha value is 0.0600. The van der Waals surface area contributed by atoms with Gasteiger partial charge < -0.3 is 5.11 Å². The molecule has 0 saturated heterocycles. The van der Waals surface area contributed by atoms with Crippen LogP contribution >= 0.6 is 31.9 Å². The zero-order valence-corrected chi connectivity index (χ0v) is 11.5. The lowest BCUT2D eigenvalue weighted by Gasteiger charge is -2.31. The molecule has 0 atom stereocenters. The molecule has 15 heavy (non-hydrogen) atoms. The molecule has 0 aliphatic heterocycles. The SMILES string of the molecule is OC1(Cn2nc(Br)nc2Br)CCCCC1. The van der Waals surface area contributed by atoms with E-state index in [-0.39, 0.29) is 0 Å². The van der Waals surface area contributed by atoms with Gasteiger partial charge in [-0.2, -0.15) is 4.98 Å². The van der Waals surface area contributed by atoms with E-state index in [1.165, 1.54) is 6.42 Å². The average Bonchev–Trinajstić information content (AvgIpc) is 2.45. The van der Waals surface area contributed by atoms with Crippen LogP contribution in [0.2, 0.25) is 0 Å². The van der Waals surface area contributed by atoms with Crippen LogP contribution in [0.25, 0.3) is 0 Å². The highest BCUT2D eigenvalue weighted by Crippen LogP contribution is 2.30. The summed E-state index contributed by atoms with van der Waals surface area (Å²) in [6.07, 6.45) is 5.15. The van der Waals surface area contributed by atoms with Gasteiger partial charge in [-0.05, 0) is 44.7 Å². The molecule has 0 spiro atoms. The smallest absolute Gasteiger partial charge is 0.218 e. The van der Waals surface area contributed by atoms with Crippen LogP contribution in [0.4, 0.5) is 0 Å². The highest BCUT2D eigenvalue weighted by Gasteiger charge is 2.30. The molecule has 0 amide bonds. The van der Waals surface area contributed by atoms with Crippen LogP contribution in [-0.2, 0) is 6.54 Å². The molecule has 0 aromatic carbocycles. The van der Waals surface area contributed by atoms with Crippen molar-refractivity contribution in [2.75, 3.05) is 0 Å². The molecule has 1 aliphatic rings. The van der Waals surface area contributed by atoms with Crippen LogP contribution < -0.4 is 0 Å². The summed E-state index contributed by atoms with van der Waals surface area (Å²) in [6.45, 7) is 0.520. The van der Waals surface area contributed by atoms with Crippen LogP contribution in [-0.4, -0.2) is 25.5 Å². The lowest BCUT2D eigenvalue weighted by Crippen LogP contribution is -2.36. The summed E-state index contributed by atoms with van der Waals surface area (Å²) < 4.78 is 2.91. The Bertz CT molecular complexity index is 347. The van der Waals surface area contributed by atoms with Crippen molar-refractivity contribution in [2.24, 2.45) is 0 Å². The van der Waals surface area contributed by atoms with Gasteiger partial charge in [-0.3, -0.25) is 0 Å². The fourth-order valence-corrected chi connectivity index (χ4v) is 3.01. The van der Waals surface area contributed by atoms with E-state index in [1.54, 1.807) is 4.68 Å². The standard InChI is InChI=1S/C9H13Br2N3O/c10-7-12-8(11)14(13-7)6-9(15)4-2-1-3-5-9/h15H,1-6H2. The Morgan fingerprint density at radius 1 is 1.27 bits per heavy atom. The lowest BCUT2D eigenvalue weighted by atomic mass is 9.85. The second-order valence-corrected chi connectivity index (χ2v) is 5.51. The zero-order valence-electron chi connectivity index (χ0n) is 8.29. The molecule has 1 aromatic rings. The largest absolute Gasteiger partial charge is 0.388 e. The number of rotatable bonds is 2. The second kappa shape index (κ2) is 4.51. The number of halogens is 2. The third-order valence-corrected chi connectivity index (χ3v) is 3.75. The summed E-state index contributed by atoms with van der Waals surface area (Å²) in [5.74, 6) is 0. The molecular formula is C9H13Br2N3O. The van der Waals surface area contributed by atoms with Gasteiger partial charge in [-0.25, -0.2) is 4.68 Å². The summed E-state index contributed by atoms with van der Waals surface area (Å²) in [5.41, 5.74) is -0.603. The minimum atomic E-state index is -0.603.